The highest BCUT2D eigenvalue weighted by atomic mass is 16.5. The Hall–Kier alpha value is -0.980. The predicted octanol–water partition coefficient (Wildman–Crippen LogP) is 8.99. The normalized spacial score (nSPS) is 27.1. The van der Waals surface area contributed by atoms with Crippen molar-refractivity contribution in [3.05, 3.63) is 29.8 Å². The van der Waals surface area contributed by atoms with Crippen LogP contribution in [0.4, 0.5) is 0 Å². The molecule has 0 heterocycles. The van der Waals surface area contributed by atoms with Gasteiger partial charge in [-0.3, -0.25) is 0 Å². The standard InChI is InChI=1S/C29H48O/c1-3-4-5-7-25-13-15-26(16-14-25)8-6-23-30-29-21-19-28(20-22-29)18-17-27-11-9-24(2)10-12-27/h19-22,24-27H,3-18,23H2,1-2H3/t24-,25-,26-,27-. The van der Waals surface area contributed by atoms with Gasteiger partial charge in [0.15, 0.2) is 0 Å². The van der Waals surface area contributed by atoms with E-state index in [9.17, 15) is 0 Å². The third kappa shape index (κ3) is 8.64. The molecule has 0 aromatic heterocycles. The fourth-order valence-corrected chi connectivity index (χ4v) is 5.79. The summed E-state index contributed by atoms with van der Waals surface area (Å²) in [6, 6.07) is 8.97. The van der Waals surface area contributed by atoms with Gasteiger partial charge in [-0.25, -0.2) is 0 Å². The van der Waals surface area contributed by atoms with Gasteiger partial charge < -0.3 is 4.74 Å². The summed E-state index contributed by atoms with van der Waals surface area (Å²) < 4.78 is 6.04. The zero-order valence-corrected chi connectivity index (χ0v) is 20.0. The average Bonchev–Trinajstić information content (AvgIpc) is 2.78. The van der Waals surface area contributed by atoms with Gasteiger partial charge in [-0.15, -0.1) is 0 Å². The van der Waals surface area contributed by atoms with E-state index in [1.54, 1.807) is 0 Å². The summed E-state index contributed by atoms with van der Waals surface area (Å²) in [5.74, 6) is 4.97. The second-order valence-electron chi connectivity index (χ2n) is 10.7. The largest absolute Gasteiger partial charge is 0.494 e. The molecule has 1 aromatic rings. The lowest BCUT2D eigenvalue weighted by Gasteiger charge is -2.28. The minimum absolute atomic E-state index is 0.885. The fourth-order valence-electron chi connectivity index (χ4n) is 5.79. The van der Waals surface area contributed by atoms with E-state index in [0.717, 1.165) is 36.0 Å². The molecule has 30 heavy (non-hydrogen) atoms. The van der Waals surface area contributed by atoms with Crippen LogP contribution in [0.3, 0.4) is 0 Å². The molecular formula is C29H48O. The third-order valence-electron chi connectivity index (χ3n) is 8.11. The summed E-state index contributed by atoms with van der Waals surface area (Å²) in [4.78, 5) is 0. The van der Waals surface area contributed by atoms with Crippen LogP contribution in [-0.4, -0.2) is 6.61 Å². The smallest absolute Gasteiger partial charge is 0.119 e. The summed E-state index contributed by atoms with van der Waals surface area (Å²) in [6.45, 7) is 5.61. The number of hydrogen-bond acceptors (Lipinski definition) is 1. The maximum Gasteiger partial charge on any atom is 0.119 e. The molecule has 0 aliphatic heterocycles. The third-order valence-corrected chi connectivity index (χ3v) is 8.11. The highest BCUT2D eigenvalue weighted by Gasteiger charge is 2.20. The van der Waals surface area contributed by atoms with E-state index in [0.29, 0.717) is 0 Å². The van der Waals surface area contributed by atoms with Crippen molar-refractivity contribution in [2.75, 3.05) is 6.61 Å². The Morgan fingerprint density at radius 3 is 1.90 bits per heavy atom. The van der Waals surface area contributed by atoms with Crippen molar-refractivity contribution < 1.29 is 4.74 Å². The molecule has 0 saturated heterocycles. The van der Waals surface area contributed by atoms with Gasteiger partial charge in [0.1, 0.15) is 5.75 Å². The van der Waals surface area contributed by atoms with Crippen LogP contribution in [-0.2, 0) is 6.42 Å². The summed E-state index contributed by atoms with van der Waals surface area (Å²) >= 11 is 0. The Balaban J connectivity index is 1.23. The molecule has 0 N–H and O–H groups in total. The molecule has 0 spiro atoms. The molecule has 2 fully saturated rings. The Labute approximate surface area is 187 Å². The average molecular weight is 413 g/mol. The van der Waals surface area contributed by atoms with E-state index in [2.05, 4.69) is 38.1 Å². The highest BCUT2D eigenvalue weighted by Crippen LogP contribution is 2.34. The lowest BCUT2D eigenvalue weighted by atomic mass is 9.78. The van der Waals surface area contributed by atoms with Crippen LogP contribution in [0.5, 0.6) is 5.75 Å². The van der Waals surface area contributed by atoms with Crippen LogP contribution in [0, 0.1) is 23.7 Å². The van der Waals surface area contributed by atoms with Gasteiger partial charge in [0.05, 0.1) is 6.61 Å². The monoisotopic (exact) mass is 412 g/mol. The van der Waals surface area contributed by atoms with Crippen LogP contribution in [0.25, 0.3) is 0 Å². The summed E-state index contributed by atoms with van der Waals surface area (Å²) in [7, 11) is 0. The first kappa shape index (κ1) is 23.7. The Morgan fingerprint density at radius 2 is 1.27 bits per heavy atom. The maximum atomic E-state index is 6.04. The summed E-state index contributed by atoms with van der Waals surface area (Å²) in [5, 5.41) is 0. The van der Waals surface area contributed by atoms with Gasteiger partial charge in [-0.2, -0.15) is 0 Å². The van der Waals surface area contributed by atoms with E-state index < -0.39 is 0 Å². The molecule has 2 aliphatic rings. The SMILES string of the molecule is CCCCC[C@H]1CC[C@H](CCCOc2ccc(CC[C@H]3CC[C@H](C)CC3)cc2)CC1. The highest BCUT2D eigenvalue weighted by molar-refractivity contribution is 5.27. The quantitative estimate of drug-likeness (QED) is 0.311. The van der Waals surface area contributed by atoms with Gasteiger partial charge in [0.25, 0.3) is 0 Å². The van der Waals surface area contributed by atoms with Gasteiger partial charge in [-0.05, 0) is 67.1 Å². The molecule has 2 saturated carbocycles. The zero-order chi connectivity index (χ0) is 21.0. The van der Waals surface area contributed by atoms with Crippen molar-refractivity contribution in [3.8, 4) is 5.75 Å². The summed E-state index contributed by atoms with van der Waals surface area (Å²) in [5.41, 5.74) is 1.48. The lowest BCUT2D eigenvalue weighted by Crippen LogP contribution is -2.15. The Morgan fingerprint density at radius 1 is 0.700 bits per heavy atom. The minimum Gasteiger partial charge on any atom is -0.494 e. The van der Waals surface area contributed by atoms with Crippen LogP contribution in [0.2, 0.25) is 0 Å². The topological polar surface area (TPSA) is 9.23 Å². The van der Waals surface area contributed by atoms with Gasteiger partial charge in [0, 0.05) is 0 Å². The number of rotatable bonds is 12. The van der Waals surface area contributed by atoms with Crippen LogP contribution in [0.15, 0.2) is 24.3 Å². The first-order valence-electron chi connectivity index (χ1n) is 13.4. The molecule has 1 aromatic carbocycles. The van der Waals surface area contributed by atoms with Crippen molar-refractivity contribution in [1.29, 1.82) is 0 Å². The molecule has 2 aliphatic carbocycles. The predicted molar refractivity (Wildman–Crippen MR) is 130 cm³/mol. The summed E-state index contributed by atoms with van der Waals surface area (Å²) in [6.07, 6.45) is 22.6. The molecule has 0 atom stereocenters. The lowest BCUT2D eigenvalue weighted by molar-refractivity contribution is 0.228. The number of unbranched alkanes of at least 4 members (excludes halogenated alkanes) is 2. The molecule has 3 rings (SSSR count). The van der Waals surface area contributed by atoms with Crippen LogP contribution >= 0.6 is 0 Å². The van der Waals surface area contributed by atoms with E-state index >= 15 is 0 Å². The van der Waals surface area contributed by atoms with Gasteiger partial charge in [0.2, 0.25) is 0 Å². The van der Waals surface area contributed by atoms with E-state index in [1.807, 2.05) is 0 Å². The molecule has 170 valence electrons. The van der Waals surface area contributed by atoms with Crippen LogP contribution in [0.1, 0.15) is 116 Å². The second-order valence-corrected chi connectivity index (χ2v) is 10.7. The number of benzene rings is 1. The molecule has 0 unspecified atom stereocenters. The van der Waals surface area contributed by atoms with E-state index in [-0.39, 0.29) is 0 Å². The Kier molecular flexibility index (Phi) is 10.6. The number of aryl methyl sites for hydroxylation is 1. The van der Waals surface area contributed by atoms with Crippen LogP contribution < -0.4 is 4.74 Å². The molecule has 0 amide bonds. The van der Waals surface area contributed by atoms with Gasteiger partial charge in [-0.1, -0.05) is 103 Å². The number of ether oxygens (including phenoxy) is 1. The molecule has 0 radical (unpaired) electrons. The van der Waals surface area contributed by atoms with Crippen molar-refractivity contribution >= 4 is 0 Å². The maximum absolute atomic E-state index is 6.04. The van der Waals surface area contributed by atoms with Crippen molar-refractivity contribution in [3.63, 3.8) is 0 Å². The van der Waals surface area contributed by atoms with E-state index in [4.69, 9.17) is 4.74 Å². The fraction of sp³-hybridized carbons (Fsp3) is 0.793. The first-order valence-corrected chi connectivity index (χ1v) is 13.4. The first-order chi connectivity index (χ1) is 14.7. The number of hydrogen-bond donors (Lipinski definition) is 0. The second kappa shape index (κ2) is 13.4. The van der Waals surface area contributed by atoms with Gasteiger partial charge >= 0.3 is 0 Å². The zero-order valence-electron chi connectivity index (χ0n) is 20.0. The Bertz CT molecular complexity index is 546. The molecular weight excluding hydrogens is 364 g/mol. The van der Waals surface area contributed by atoms with Crippen molar-refractivity contribution in [2.24, 2.45) is 23.7 Å². The molecule has 1 nitrogen and oxygen atoms in total. The van der Waals surface area contributed by atoms with E-state index in [1.165, 1.54) is 108 Å². The van der Waals surface area contributed by atoms with Crippen molar-refractivity contribution in [1.82, 2.24) is 0 Å². The molecule has 1 heteroatoms. The van der Waals surface area contributed by atoms with Crippen molar-refractivity contribution in [2.45, 2.75) is 117 Å². The molecule has 0 bridgehead atoms. The minimum atomic E-state index is 0.885.